The first-order valence-electron chi connectivity index (χ1n) is 9.36. The molecule has 1 amide bonds. The van der Waals surface area contributed by atoms with Crippen LogP contribution < -0.4 is 10.1 Å². The van der Waals surface area contributed by atoms with Crippen LogP contribution in [0.4, 0.5) is 0 Å². The summed E-state index contributed by atoms with van der Waals surface area (Å²) in [5.74, 6) is 0.924. The van der Waals surface area contributed by atoms with E-state index in [2.05, 4.69) is 19.2 Å². The van der Waals surface area contributed by atoms with E-state index in [1.54, 1.807) is 6.92 Å². The lowest BCUT2D eigenvalue weighted by molar-refractivity contribution is -0.128. The quantitative estimate of drug-likeness (QED) is 0.763. The molecule has 0 spiro atoms. The molecule has 1 fully saturated rings. The van der Waals surface area contributed by atoms with Gasteiger partial charge in [-0.3, -0.25) is 4.79 Å². The lowest BCUT2D eigenvalue weighted by atomic mass is 10.0. The van der Waals surface area contributed by atoms with E-state index >= 15 is 0 Å². The molecule has 0 aliphatic carbocycles. The molecular formula is C19H31N3O4S. The average molecular weight is 398 g/mol. The van der Waals surface area contributed by atoms with Crippen LogP contribution in [0.1, 0.15) is 45.1 Å². The molecule has 0 aromatic heterocycles. The van der Waals surface area contributed by atoms with E-state index in [-0.39, 0.29) is 11.9 Å². The molecule has 1 unspecified atom stereocenters. The largest absolute Gasteiger partial charge is 0.481 e. The fourth-order valence-corrected chi connectivity index (χ4v) is 4.10. The first-order chi connectivity index (χ1) is 12.6. The van der Waals surface area contributed by atoms with E-state index < -0.39 is 16.3 Å². The number of nitrogens with zero attached hydrogens (tertiary/aromatic N) is 2. The number of carbonyl (C=O) groups excluding carboxylic acids is 1. The van der Waals surface area contributed by atoms with Gasteiger partial charge in [-0.1, -0.05) is 26.0 Å². The van der Waals surface area contributed by atoms with Gasteiger partial charge < -0.3 is 10.1 Å². The molecule has 1 aliphatic rings. The van der Waals surface area contributed by atoms with Crippen LogP contribution >= 0.6 is 0 Å². The van der Waals surface area contributed by atoms with E-state index in [1.807, 2.05) is 24.3 Å². The van der Waals surface area contributed by atoms with E-state index in [0.29, 0.717) is 37.6 Å². The molecule has 1 aromatic rings. The summed E-state index contributed by atoms with van der Waals surface area (Å²) in [6.07, 6.45) is 0.571. The minimum absolute atomic E-state index is 0.0412. The lowest BCUT2D eigenvalue weighted by Gasteiger charge is -2.33. The Balaban J connectivity index is 1.83. The third-order valence-electron chi connectivity index (χ3n) is 4.82. The molecule has 1 aromatic carbocycles. The molecule has 1 N–H and O–H groups in total. The number of amides is 1. The predicted octanol–water partition coefficient (Wildman–Crippen LogP) is 1.96. The normalized spacial score (nSPS) is 17.9. The minimum Gasteiger partial charge on any atom is -0.481 e. The van der Waals surface area contributed by atoms with E-state index in [0.717, 1.165) is 0 Å². The number of rotatable bonds is 7. The third-order valence-corrected chi connectivity index (χ3v) is 6.76. The zero-order valence-corrected chi connectivity index (χ0v) is 17.6. The Morgan fingerprint density at radius 3 is 2.19 bits per heavy atom. The minimum atomic E-state index is -3.39. The van der Waals surface area contributed by atoms with Gasteiger partial charge >= 0.3 is 0 Å². The Bertz CT molecular complexity index is 724. The van der Waals surface area contributed by atoms with Crippen molar-refractivity contribution >= 4 is 16.1 Å². The Morgan fingerprint density at radius 1 is 1.15 bits per heavy atom. The summed E-state index contributed by atoms with van der Waals surface area (Å²) >= 11 is 0. The van der Waals surface area contributed by atoms with E-state index in [1.165, 1.54) is 28.3 Å². The van der Waals surface area contributed by atoms with Crippen molar-refractivity contribution in [2.24, 2.45) is 0 Å². The number of nitrogens with one attached hydrogen (secondary N) is 1. The summed E-state index contributed by atoms with van der Waals surface area (Å²) in [5, 5.41) is 2.97. The van der Waals surface area contributed by atoms with Crippen LogP contribution in [0.2, 0.25) is 0 Å². The number of piperidine rings is 1. The summed E-state index contributed by atoms with van der Waals surface area (Å²) in [7, 11) is -0.342. The van der Waals surface area contributed by atoms with Gasteiger partial charge in [-0.2, -0.15) is 17.0 Å². The number of hydrogen-bond donors (Lipinski definition) is 1. The summed E-state index contributed by atoms with van der Waals surface area (Å²) in [6, 6.07) is 7.73. The fraction of sp³-hybridized carbons (Fsp3) is 0.632. The second kappa shape index (κ2) is 9.03. The van der Waals surface area contributed by atoms with Gasteiger partial charge in [-0.05, 0) is 43.4 Å². The maximum Gasteiger partial charge on any atom is 0.281 e. The lowest BCUT2D eigenvalue weighted by Crippen LogP contribution is -2.51. The second-order valence-electron chi connectivity index (χ2n) is 7.46. The van der Waals surface area contributed by atoms with Gasteiger partial charge in [0.1, 0.15) is 5.75 Å². The van der Waals surface area contributed by atoms with Crippen molar-refractivity contribution in [3.63, 3.8) is 0 Å². The van der Waals surface area contributed by atoms with Crippen molar-refractivity contribution in [1.82, 2.24) is 13.9 Å². The Morgan fingerprint density at radius 2 is 1.70 bits per heavy atom. The molecule has 1 atom stereocenters. The third kappa shape index (κ3) is 5.67. The topological polar surface area (TPSA) is 79.0 Å². The monoisotopic (exact) mass is 397 g/mol. The molecule has 7 nitrogen and oxygen atoms in total. The molecule has 0 radical (unpaired) electrons. The molecule has 1 saturated heterocycles. The van der Waals surface area contributed by atoms with Gasteiger partial charge in [0.2, 0.25) is 0 Å². The summed E-state index contributed by atoms with van der Waals surface area (Å²) in [5.41, 5.74) is 1.22. The van der Waals surface area contributed by atoms with Crippen LogP contribution in [0.3, 0.4) is 0 Å². The molecule has 8 heteroatoms. The van der Waals surface area contributed by atoms with Crippen molar-refractivity contribution in [2.45, 2.75) is 51.7 Å². The van der Waals surface area contributed by atoms with E-state index in [4.69, 9.17) is 4.74 Å². The second-order valence-corrected chi connectivity index (χ2v) is 9.60. The smallest absolute Gasteiger partial charge is 0.281 e. The molecule has 0 saturated carbocycles. The van der Waals surface area contributed by atoms with Crippen LogP contribution in [0.5, 0.6) is 5.75 Å². The molecule has 2 rings (SSSR count). The maximum atomic E-state index is 12.4. The highest BCUT2D eigenvalue weighted by molar-refractivity contribution is 7.86. The van der Waals surface area contributed by atoms with Gasteiger partial charge in [-0.25, -0.2) is 0 Å². The highest BCUT2D eigenvalue weighted by Gasteiger charge is 2.30. The standard InChI is InChI=1S/C19H31N3O4S/c1-14(2)16-6-8-18(9-7-16)26-15(3)19(23)20-17-10-12-22(13-11-17)27(24,25)21(4)5/h6-9,14-15,17H,10-13H2,1-5H3,(H,20,23). The highest BCUT2D eigenvalue weighted by atomic mass is 32.2. The van der Waals surface area contributed by atoms with Crippen LogP contribution in [-0.4, -0.2) is 62.3 Å². The zero-order valence-electron chi connectivity index (χ0n) is 16.8. The maximum absolute atomic E-state index is 12.4. The Kier molecular flexibility index (Phi) is 7.25. The Labute approximate surface area is 162 Å². The number of carbonyl (C=O) groups is 1. The molecule has 1 heterocycles. The summed E-state index contributed by atoms with van der Waals surface area (Å²) < 4.78 is 32.7. The van der Waals surface area contributed by atoms with Gasteiger partial charge in [0, 0.05) is 33.2 Å². The van der Waals surface area contributed by atoms with Crippen molar-refractivity contribution in [1.29, 1.82) is 0 Å². The van der Waals surface area contributed by atoms with Crippen LogP contribution in [0.25, 0.3) is 0 Å². The van der Waals surface area contributed by atoms with Crippen LogP contribution in [-0.2, 0) is 15.0 Å². The van der Waals surface area contributed by atoms with Crippen LogP contribution in [0, 0.1) is 0 Å². The first-order valence-corrected chi connectivity index (χ1v) is 10.8. The van der Waals surface area contributed by atoms with Crippen molar-refractivity contribution < 1.29 is 17.9 Å². The predicted molar refractivity (Wildman–Crippen MR) is 106 cm³/mol. The van der Waals surface area contributed by atoms with Crippen LogP contribution in [0.15, 0.2) is 24.3 Å². The molecular weight excluding hydrogens is 366 g/mol. The fourth-order valence-electron chi connectivity index (χ4n) is 2.97. The van der Waals surface area contributed by atoms with Gasteiger partial charge in [-0.15, -0.1) is 0 Å². The Hall–Kier alpha value is -1.64. The first kappa shape index (κ1) is 21.7. The van der Waals surface area contributed by atoms with E-state index in [9.17, 15) is 13.2 Å². The highest BCUT2D eigenvalue weighted by Crippen LogP contribution is 2.20. The number of benzene rings is 1. The zero-order chi connectivity index (χ0) is 20.2. The van der Waals surface area contributed by atoms with Crippen molar-refractivity contribution in [3.05, 3.63) is 29.8 Å². The molecule has 1 aliphatic heterocycles. The average Bonchev–Trinajstić information content (AvgIpc) is 2.62. The van der Waals surface area contributed by atoms with Gasteiger partial charge in [0.15, 0.2) is 6.10 Å². The SMILES string of the molecule is CC(Oc1ccc(C(C)C)cc1)C(=O)NC1CCN(S(=O)(=O)N(C)C)CC1. The molecule has 0 bridgehead atoms. The number of hydrogen-bond acceptors (Lipinski definition) is 4. The van der Waals surface area contributed by atoms with Crippen molar-refractivity contribution in [3.8, 4) is 5.75 Å². The summed E-state index contributed by atoms with van der Waals surface area (Å²) in [6.45, 7) is 6.77. The molecule has 152 valence electrons. The number of ether oxygens (including phenoxy) is 1. The summed E-state index contributed by atoms with van der Waals surface area (Å²) in [4.78, 5) is 12.4. The van der Waals surface area contributed by atoms with Crippen molar-refractivity contribution in [2.75, 3.05) is 27.2 Å². The van der Waals surface area contributed by atoms with Gasteiger partial charge in [0.25, 0.3) is 16.1 Å². The molecule has 27 heavy (non-hydrogen) atoms. The van der Waals surface area contributed by atoms with Gasteiger partial charge in [0.05, 0.1) is 0 Å².